The molecule has 0 unspecified atom stereocenters. The lowest BCUT2D eigenvalue weighted by Crippen LogP contribution is -2.19. The summed E-state index contributed by atoms with van der Waals surface area (Å²) in [6.45, 7) is 3.52. The summed E-state index contributed by atoms with van der Waals surface area (Å²) in [5.74, 6) is -1.17. The fourth-order valence-corrected chi connectivity index (χ4v) is 4.10. The molecule has 3 aromatic rings. The van der Waals surface area contributed by atoms with E-state index in [1.165, 1.54) is 22.8 Å². The Morgan fingerprint density at radius 1 is 1.21 bits per heavy atom. The van der Waals surface area contributed by atoms with Crippen molar-refractivity contribution >= 4 is 16.4 Å². The highest BCUT2D eigenvalue weighted by Gasteiger charge is 2.31. The Hall–Kier alpha value is -3.07. The molecule has 0 fully saturated rings. The van der Waals surface area contributed by atoms with Gasteiger partial charge >= 0.3 is 10.1 Å². The Morgan fingerprint density at radius 3 is 2.61 bits per heavy atom. The Labute approximate surface area is 162 Å². The molecule has 3 rings (SSSR count). The zero-order chi connectivity index (χ0) is 20.3. The van der Waals surface area contributed by atoms with E-state index in [1.54, 1.807) is 38.2 Å². The lowest BCUT2D eigenvalue weighted by Gasteiger charge is -2.13. The van der Waals surface area contributed by atoms with Crippen molar-refractivity contribution in [3.8, 4) is 5.75 Å². The van der Waals surface area contributed by atoms with Crippen molar-refractivity contribution in [3.05, 3.63) is 71.7 Å². The lowest BCUT2D eigenvalue weighted by molar-refractivity contribution is 0.111. The minimum atomic E-state index is -4.40. The zero-order valence-corrected chi connectivity index (χ0v) is 16.1. The van der Waals surface area contributed by atoms with E-state index < -0.39 is 15.9 Å². The average molecular weight is 403 g/mol. The Balaban J connectivity index is 2.14. The van der Waals surface area contributed by atoms with Gasteiger partial charge in [-0.25, -0.2) is 9.37 Å². The second kappa shape index (κ2) is 7.89. The second-order valence-electron chi connectivity index (χ2n) is 6.33. The van der Waals surface area contributed by atoms with Crippen molar-refractivity contribution in [1.29, 1.82) is 0 Å². The van der Waals surface area contributed by atoms with Gasteiger partial charge in [-0.15, -0.1) is 0 Å². The van der Waals surface area contributed by atoms with E-state index in [-0.39, 0.29) is 34.8 Å². The highest BCUT2D eigenvalue weighted by Crippen LogP contribution is 2.28. The highest BCUT2D eigenvalue weighted by molar-refractivity contribution is 7.87. The fourth-order valence-electron chi connectivity index (χ4n) is 2.69. The third kappa shape index (κ3) is 4.09. The number of pyridine rings is 1. The van der Waals surface area contributed by atoms with Gasteiger partial charge in [0.25, 0.3) is 0 Å². The predicted octanol–water partition coefficient (Wildman–Crippen LogP) is 3.17. The van der Waals surface area contributed by atoms with Crippen LogP contribution < -0.4 is 4.18 Å². The van der Waals surface area contributed by atoms with Gasteiger partial charge in [0.15, 0.2) is 17.1 Å². The molecule has 0 aliphatic carbocycles. The highest BCUT2D eigenvalue weighted by atomic mass is 32.2. The number of rotatable bonds is 7. The number of benzene rings is 1. The van der Waals surface area contributed by atoms with Crippen LogP contribution in [0.2, 0.25) is 0 Å². The molecule has 0 bridgehead atoms. The number of halogens is 1. The van der Waals surface area contributed by atoms with E-state index in [0.29, 0.717) is 12.0 Å². The topological polar surface area (TPSA) is 91.1 Å². The van der Waals surface area contributed by atoms with E-state index in [4.69, 9.17) is 4.18 Å². The predicted molar refractivity (Wildman–Crippen MR) is 99.3 cm³/mol. The molecule has 146 valence electrons. The number of carbonyl (C=O) groups is 1. The maximum atomic E-state index is 13.4. The van der Waals surface area contributed by atoms with Gasteiger partial charge in [0.05, 0.1) is 17.9 Å². The molecule has 28 heavy (non-hydrogen) atoms. The van der Waals surface area contributed by atoms with Crippen molar-refractivity contribution in [2.75, 3.05) is 0 Å². The summed E-state index contributed by atoms with van der Waals surface area (Å²) in [4.78, 5) is 19.9. The van der Waals surface area contributed by atoms with Crippen LogP contribution in [0.3, 0.4) is 0 Å². The molecule has 2 aromatic heterocycles. The average Bonchev–Trinajstić information content (AvgIpc) is 3.02. The minimum Gasteiger partial charge on any atom is -0.378 e. The van der Waals surface area contributed by atoms with E-state index >= 15 is 0 Å². The number of nitrogens with zero attached hydrogens (tertiary/aromatic N) is 3. The molecular formula is C19H18FN3O4S. The van der Waals surface area contributed by atoms with Gasteiger partial charge in [0.1, 0.15) is 11.6 Å². The summed E-state index contributed by atoms with van der Waals surface area (Å²) < 4.78 is 45.9. The van der Waals surface area contributed by atoms with E-state index in [0.717, 1.165) is 6.07 Å². The number of aldehydes is 1. The molecule has 0 saturated carbocycles. The first-order valence-corrected chi connectivity index (χ1v) is 9.88. The van der Waals surface area contributed by atoms with Gasteiger partial charge in [-0.1, -0.05) is 26.0 Å². The second-order valence-corrected chi connectivity index (χ2v) is 7.80. The smallest absolute Gasteiger partial charge is 0.357 e. The molecule has 0 aliphatic heterocycles. The van der Waals surface area contributed by atoms with Crippen molar-refractivity contribution in [2.24, 2.45) is 0 Å². The van der Waals surface area contributed by atoms with Crippen LogP contribution in [0, 0.1) is 5.82 Å². The van der Waals surface area contributed by atoms with Crippen molar-refractivity contribution in [1.82, 2.24) is 14.5 Å². The zero-order valence-electron chi connectivity index (χ0n) is 15.2. The first-order valence-electron chi connectivity index (χ1n) is 8.47. The van der Waals surface area contributed by atoms with Gasteiger partial charge in [-0.3, -0.25) is 9.78 Å². The van der Waals surface area contributed by atoms with E-state index in [2.05, 4.69) is 9.97 Å². The molecule has 0 spiro atoms. The van der Waals surface area contributed by atoms with Crippen LogP contribution in [0.5, 0.6) is 5.75 Å². The van der Waals surface area contributed by atoms with Crippen LogP contribution >= 0.6 is 0 Å². The van der Waals surface area contributed by atoms with Crippen LogP contribution in [-0.4, -0.2) is 29.2 Å². The van der Waals surface area contributed by atoms with Crippen molar-refractivity contribution in [3.63, 3.8) is 0 Å². The molecule has 7 nitrogen and oxygen atoms in total. The third-order valence-corrected chi connectivity index (χ3v) is 5.23. The summed E-state index contributed by atoms with van der Waals surface area (Å²) in [6.07, 6.45) is 2.05. The van der Waals surface area contributed by atoms with Crippen molar-refractivity contribution < 1.29 is 21.8 Å². The maximum absolute atomic E-state index is 13.4. The lowest BCUT2D eigenvalue weighted by atomic mass is 10.1. The SMILES string of the molecule is CC(C)c1nc(C=O)n(Cc2ccccn2)c1S(=O)(=O)Oc1cccc(F)c1. The van der Waals surface area contributed by atoms with Crippen LogP contribution in [0.1, 0.15) is 41.8 Å². The molecule has 2 heterocycles. The number of hydrogen-bond donors (Lipinski definition) is 0. The van der Waals surface area contributed by atoms with Crippen molar-refractivity contribution in [2.45, 2.75) is 31.3 Å². The summed E-state index contributed by atoms with van der Waals surface area (Å²) in [6, 6.07) is 9.99. The molecular weight excluding hydrogens is 385 g/mol. The quantitative estimate of drug-likeness (QED) is 0.445. The van der Waals surface area contributed by atoms with Crippen LogP contribution in [0.15, 0.2) is 53.7 Å². The van der Waals surface area contributed by atoms with Gasteiger partial charge in [-0.05, 0) is 30.2 Å². The fraction of sp³-hybridized carbons (Fsp3) is 0.211. The Morgan fingerprint density at radius 2 is 2.00 bits per heavy atom. The molecule has 0 saturated heterocycles. The van der Waals surface area contributed by atoms with Gasteiger partial charge < -0.3 is 8.75 Å². The first-order chi connectivity index (χ1) is 13.3. The van der Waals surface area contributed by atoms with Gasteiger partial charge in [0.2, 0.25) is 0 Å². The van der Waals surface area contributed by atoms with Crippen LogP contribution in [0.25, 0.3) is 0 Å². The number of hydrogen-bond acceptors (Lipinski definition) is 6. The molecule has 0 N–H and O–H groups in total. The molecule has 0 radical (unpaired) electrons. The minimum absolute atomic E-state index is 0.00963. The first kappa shape index (κ1) is 19.7. The van der Waals surface area contributed by atoms with E-state index in [9.17, 15) is 17.6 Å². The van der Waals surface area contributed by atoms with Crippen LogP contribution in [0.4, 0.5) is 4.39 Å². The van der Waals surface area contributed by atoms with Gasteiger partial charge in [0, 0.05) is 12.3 Å². The number of carbonyl (C=O) groups excluding carboxylic acids is 1. The van der Waals surface area contributed by atoms with E-state index in [1.807, 2.05) is 0 Å². The Kier molecular flexibility index (Phi) is 5.55. The normalized spacial score (nSPS) is 11.6. The van der Waals surface area contributed by atoms with Gasteiger partial charge in [-0.2, -0.15) is 8.42 Å². The molecule has 9 heteroatoms. The monoisotopic (exact) mass is 403 g/mol. The molecule has 1 aromatic carbocycles. The molecule has 0 amide bonds. The summed E-state index contributed by atoms with van der Waals surface area (Å²) in [5, 5.41) is -0.250. The maximum Gasteiger partial charge on any atom is 0.357 e. The summed E-state index contributed by atoms with van der Waals surface area (Å²) in [7, 11) is -4.40. The summed E-state index contributed by atoms with van der Waals surface area (Å²) in [5.41, 5.74) is 0.731. The third-order valence-electron chi connectivity index (χ3n) is 3.91. The number of aromatic nitrogens is 3. The molecule has 0 atom stereocenters. The Bertz CT molecular complexity index is 1100. The largest absolute Gasteiger partial charge is 0.378 e. The standard InChI is InChI=1S/C19H18FN3O4S/c1-13(2)18-19(28(25,26)27-16-8-5-6-14(20)10-16)23(17(12-24)22-18)11-15-7-3-4-9-21-15/h3-10,12-13H,11H2,1-2H3. The number of imidazole rings is 1. The summed E-state index contributed by atoms with van der Waals surface area (Å²) >= 11 is 0. The molecule has 0 aliphatic rings. The van der Waals surface area contributed by atoms with Crippen LogP contribution in [-0.2, 0) is 16.7 Å².